The molecule has 2 heteroatoms. The molecule has 0 spiro atoms. The van der Waals surface area contributed by atoms with E-state index in [0.717, 1.165) is 16.7 Å². The van der Waals surface area contributed by atoms with E-state index in [1.807, 2.05) is 13.8 Å². The molecule has 0 atom stereocenters. The molecule has 2 N–H and O–H groups in total. The minimum atomic E-state index is -0.143. The van der Waals surface area contributed by atoms with Crippen LogP contribution in [0, 0.1) is 20.8 Å². The van der Waals surface area contributed by atoms with Gasteiger partial charge in [0.25, 0.3) is 0 Å². The molecule has 0 saturated heterocycles. The predicted octanol–water partition coefficient (Wildman–Crippen LogP) is 1.68. The van der Waals surface area contributed by atoms with Crippen LogP contribution in [0.25, 0.3) is 0 Å². The lowest BCUT2D eigenvalue weighted by molar-refractivity contribution is 0.192. The molecular formula is C12H18O2. The molecule has 0 fully saturated rings. The number of rotatable bonds is 3. The van der Waals surface area contributed by atoms with Crippen molar-refractivity contribution in [1.82, 2.24) is 0 Å². The van der Waals surface area contributed by atoms with E-state index >= 15 is 0 Å². The zero-order chi connectivity index (χ0) is 10.7. The lowest BCUT2D eigenvalue weighted by Gasteiger charge is -2.18. The Hall–Kier alpha value is -0.860. The number of hydrogen-bond acceptors (Lipinski definition) is 2. The van der Waals surface area contributed by atoms with Crippen LogP contribution in [0.1, 0.15) is 28.2 Å². The Morgan fingerprint density at radius 3 is 1.79 bits per heavy atom. The van der Waals surface area contributed by atoms with E-state index < -0.39 is 0 Å². The van der Waals surface area contributed by atoms with Gasteiger partial charge in [0.2, 0.25) is 0 Å². The van der Waals surface area contributed by atoms with E-state index in [1.165, 1.54) is 5.56 Å². The molecule has 0 bridgehead atoms. The number of hydrogen-bond donors (Lipinski definition) is 2. The van der Waals surface area contributed by atoms with Gasteiger partial charge in [-0.25, -0.2) is 0 Å². The smallest absolute Gasteiger partial charge is 0.0522 e. The maximum Gasteiger partial charge on any atom is 0.0522 e. The van der Waals surface area contributed by atoms with Crippen molar-refractivity contribution in [3.05, 3.63) is 34.4 Å². The Morgan fingerprint density at radius 2 is 1.43 bits per heavy atom. The van der Waals surface area contributed by atoms with Crippen molar-refractivity contribution >= 4 is 0 Å². The molecule has 0 aliphatic heterocycles. The van der Waals surface area contributed by atoms with Crippen LogP contribution >= 0.6 is 0 Å². The Kier molecular flexibility index (Phi) is 3.67. The molecule has 78 valence electrons. The molecule has 0 saturated carbocycles. The van der Waals surface area contributed by atoms with E-state index in [0.29, 0.717) is 0 Å². The largest absolute Gasteiger partial charge is 0.396 e. The Balaban J connectivity index is 3.19. The third-order valence-electron chi connectivity index (χ3n) is 2.59. The molecule has 0 radical (unpaired) electrons. The van der Waals surface area contributed by atoms with Crippen LogP contribution < -0.4 is 0 Å². The van der Waals surface area contributed by atoms with Gasteiger partial charge in [-0.15, -0.1) is 0 Å². The van der Waals surface area contributed by atoms with Gasteiger partial charge < -0.3 is 10.2 Å². The highest BCUT2D eigenvalue weighted by atomic mass is 16.3. The zero-order valence-electron chi connectivity index (χ0n) is 9.04. The molecule has 1 aromatic carbocycles. The molecule has 1 rings (SSSR count). The highest BCUT2D eigenvalue weighted by Gasteiger charge is 2.14. The van der Waals surface area contributed by atoms with Gasteiger partial charge in [-0.2, -0.15) is 0 Å². The molecule has 0 aliphatic rings. The topological polar surface area (TPSA) is 40.5 Å². The van der Waals surface area contributed by atoms with Gasteiger partial charge in [0.15, 0.2) is 0 Å². The summed E-state index contributed by atoms with van der Waals surface area (Å²) in [5, 5.41) is 18.3. The van der Waals surface area contributed by atoms with E-state index in [-0.39, 0.29) is 19.1 Å². The van der Waals surface area contributed by atoms with Gasteiger partial charge in [0, 0.05) is 5.92 Å². The summed E-state index contributed by atoms with van der Waals surface area (Å²) in [7, 11) is 0. The SMILES string of the molecule is Cc1cc(C)c(C(CO)CO)c(C)c1. The fourth-order valence-corrected chi connectivity index (χ4v) is 2.08. The van der Waals surface area contributed by atoms with E-state index in [4.69, 9.17) is 10.2 Å². The highest BCUT2D eigenvalue weighted by Crippen LogP contribution is 2.24. The molecule has 0 aromatic heterocycles. The molecular weight excluding hydrogens is 176 g/mol. The maximum absolute atomic E-state index is 9.14. The lowest BCUT2D eigenvalue weighted by atomic mass is 9.90. The maximum atomic E-state index is 9.14. The summed E-state index contributed by atoms with van der Waals surface area (Å²) < 4.78 is 0. The molecule has 0 aliphatic carbocycles. The summed E-state index contributed by atoms with van der Waals surface area (Å²) in [6.45, 7) is 6.10. The van der Waals surface area contributed by atoms with Crippen molar-refractivity contribution < 1.29 is 10.2 Å². The van der Waals surface area contributed by atoms with Gasteiger partial charge in [0.1, 0.15) is 0 Å². The lowest BCUT2D eigenvalue weighted by Crippen LogP contribution is -2.12. The molecule has 0 unspecified atom stereocenters. The van der Waals surface area contributed by atoms with E-state index in [9.17, 15) is 0 Å². The summed E-state index contributed by atoms with van der Waals surface area (Å²) in [5.74, 6) is -0.143. The van der Waals surface area contributed by atoms with Gasteiger partial charge >= 0.3 is 0 Å². The van der Waals surface area contributed by atoms with Crippen LogP contribution in [0.15, 0.2) is 12.1 Å². The number of aliphatic hydroxyl groups is 2. The third-order valence-corrected chi connectivity index (χ3v) is 2.59. The van der Waals surface area contributed by atoms with Crippen molar-refractivity contribution in [3.8, 4) is 0 Å². The molecule has 0 heterocycles. The van der Waals surface area contributed by atoms with Crippen LogP contribution in [-0.2, 0) is 0 Å². The van der Waals surface area contributed by atoms with Crippen molar-refractivity contribution in [2.45, 2.75) is 26.7 Å². The van der Waals surface area contributed by atoms with Crippen LogP contribution in [0.4, 0.5) is 0 Å². The third kappa shape index (κ3) is 2.14. The molecule has 14 heavy (non-hydrogen) atoms. The summed E-state index contributed by atoms with van der Waals surface area (Å²) >= 11 is 0. The quantitative estimate of drug-likeness (QED) is 0.768. The standard InChI is InChI=1S/C12H18O2/c1-8-4-9(2)12(10(3)5-8)11(6-13)7-14/h4-5,11,13-14H,6-7H2,1-3H3. The van der Waals surface area contributed by atoms with Gasteiger partial charge in [-0.1, -0.05) is 17.7 Å². The Bertz CT molecular complexity index is 291. The van der Waals surface area contributed by atoms with Crippen molar-refractivity contribution in [2.24, 2.45) is 0 Å². The van der Waals surface area contributed by atoms with Crippen LogP contribution in [0.3, 0.4) is 0 Å². The second-order valence-electron chi connectivity index (χ2n) is 3.87. The first-order valence-corrected chi connectivity index (χ1v) is 4.89. The van der Waals surface area contributed by atoms with Crippen LogP contribution in [-0.4, -0.2) is 23.4 Å². The van der Waals surface area contributed by atoms with Crippen molar-refractivity contribution in [2.75, 3.05) is 13.2 Å². The van der Waals surface area contributed by atoms with E-state index in [2.05, 4.69) is 19.1 Å². The van der Waals surface area contributed by atoms with Crippen LogP contribution in [0.5, 0.6) is 0 Å². The van der Waals surface area contributed by atoms with E-state index in [1.54, 1.807) is 0 Å². The Morgan fingerprint density at radius 1 is 1.00 bits per heavy atom. The summed E-state index contributed by atoms with van der Waals surface area (Å²) in [6, 6.07) is 4.17. The number of benzene rings is 1. The van der Waals surface area contributed by atoms with Gasteiger partial charge in [0.05, 0.1) is 13.2 Å². The fraction of sp³-hybridized carbons (Fsp3) is 0.500. The van der Waals surface area contributed by atoms with Gasteiger partial charge in [-0.3, -0.25) is 0 Å². The Labute approximate surface area is 85.2 Å². The minimum absolute atomic E-state index is 0.00123. The molecule has 1 aromatic rings. The second kappa shape index (κ2) is 4.58. The monoisotopic (exact) mass is 194 g/mol. The molecule has 0 amide bonds. The van der Waals surface area contributed by atoms with Crippen molar-refractivity contribution in [3.63, 3.8) is 0 Å². The van der Waals surface area contributed by atoms with Gasteiger partial charge in [-0.05, 0) is 37.5 Å². The summed E-state index contributed by atoms with van der Waals surface area (Å²) in [5.41, 5.74) is 4.60. The normalized spacial score (nSPS) is 11.0. The van der Waals surface area contributed by atoms with Crippen LogP contribution in [0.2, 0.25) is 0 Å². The summed E-state index contributed by atoms with van der Waals surface area (Å²) in [6.07, 6.45) is 0. The average Bonchev–Trinajstić information content (AvgIpc) is 2.10. The number of aliphatic hydroxyl groups excluding tert-OH is 2. The highest BCUT2D eigenvalue weighted by molar-refractivity contribution is 5.40. The molecule has 2 nitrogen and oxygen atoms in total. The predicted molar refractivity (Wildman–Crippen MR) is 57.6 cm³/mol. The number of aryl methyl sites for hydroxylation is 3. The first-order chi connectivity index (χ1) is 6.60. The first kappa shape index (κ1) is 11.2. The average molecular weight is 194 g/mol. The minimum Gasteiger partial charge on any atom is -0.396 e. The second-order valence-corrected chi connectivity index (χ2v) is 3.87. The fourth-order valence-electron chi connectivity index (χ4n) is 2.08. The van der Waals surface area contributed by atoms with Crippen molar-refractivity contribution in [1.29, 1.82) is 0 Å². The summed E-state index contributed by atoms with van der Waals surface area (Å²) in [4.78, 5) is 0. The first-order valence-electron chi connectivity index (χ1n) is 4.89. The zero-order valence-corrected chi connectivity index (χ0v) is 9.04.